The third-order valence-electron chi connectivity index (χ3n) is 5.06. The lowest BCUT2D eigenvalue weighted by atomic mass is 10.1. The summed E-state index contributed by atoms with van der Waals surface area (Å²) in [4.78, 5) is 8.66. The Hall–Kier alpha value is -2.42. The third-order valence-corrected chi connectivity index (χ3v) is 5.06. The molecule has 0 aliphatic rings. The van der Waals surface area contributed by atoms with Gasteiger partial charge in [0, 0.05) is 24.6 Å². The van der Waals surface area contributed by atoms with Crippen LogP contribution in [0, 0.1) is 11.8 Å². The molecule has 2 aromatic rings. The molecule has 0 N–H and O–H groups in total. The molecule has 0 unspecified atom stereocenters. The zero-order chi connectivity index (χ0) is 22.7. The van der Waals surface area contributed by atoms with Crippen LogP contribution in [0.15, 0.2) is 36.7 Å². The van der Waals surface area contributed by atoms with E-state index in [1.54, 1.807) is 12.4 Å². The number of hydrogen-bond donors (Lipinski definition) is 0. The van der Waals surface area contributed by atoms with E-state index >= 15 is 0 Å². The summed E-state index contributed by atoms with van der Waals surface area (Å²) in [5, 5.41) is 0. The maximum atomic E-state index is 5.88. The molecule has 5 heteroatoms. The highest BCUT2D eigenvalue weighted by atomic mass is 16.5. The van der Waals surface area contributed by atoms with E-state index in [-0.39, 0.29) is 0 Å². The van der Waals surface area contributed by atoms with Crippen molar-refractivity contribution in [2.75, 3.05) is 33.0 Å². The van der Waals surface area contributed by atoms with Crippen molar-refractivity contribution < 1.29 is 14.2 Å². The highest BCUT2D eigenvalue weighted by Gasteiger charge is 2.01. The van der Waals surface area contributed by atoms with E-state index < -0.39 is 0 Å². The van der Waals surface area contributed by atoms with E-state index in [1.165, 1.54) is 44.9 Å². The monoisotopic (exact) mass is 438 g/mol. The molecule has 5 nitrogen and oxygen atoms in total. The number of rotatable bonds is 16. The van der Waals surface area contributed by atoms with Gasteiger partial charge in [0.15, 0.2) is 0 Å². The Kier molecular flexibility index (Phi) is 13.9. The SMILES string of the molecule is CCCCCCCCCCOc1ccc(-c2cnc(C#CCOCCOCC)nc2)cc1. The van der Waals surface area contributed by atoms with E-state index in [9.17, 15) is 0 Å². The van der Waals surface area contributed by atoms with Crippen LogP contribution < -0.4 is 4.74 Å². The van der Waals surface area contributed by atoms with Crippen molar-refractivity contribution >= 4 is 0 Å². The van der Waals surface area contributed by atoms with Crippen LogP contribution >= 0.6 is 0 Å². The molecule has 0 spiro atoms. The second-order valence-corrected chi connectivity index (χ2v) is 7.69. The fourth-order valence-corrected chi connectivity index (χ4v) is 3.21. The second-order valence-electron chi connectivity index (χ2n) is 7.69. The first-order valence-corrected chi connectivity index (χ1v) is 12.0. The predicted octanol–water partition coefficient (Wildman–Crippen LogP) is 6.07. The van der Waals surface area contributed by atoms with Crippen LogP contribution in [0.25, 0.3) is 11.1 Å². The summed E-state index contributed by atoms with van der Waals surface area (Å²) >= 11 is 0. The first-order chi connectivity index (χ1) is 15.8. The minimum Gasteiger partial charge on any atom is -0.494 e. The van der Waals surface area contributed by atoms with Crippen molar-refractivity contribution in [2.24, 2.45) is 0 Å². The zero-order valence-electron chi connectivity index (χ0n) is 19.8. The average molecular weight is 439 g/mol. The van der Waals surface area contributed by atoms with Gasteiger partial charge >= 0.3 is 0 Å². The highest BCUT2D eigenvalue weighted by Crippen LogP contribution is 2.21. The molecule has 0 saturated heterocycles. The molecule has 32 heavy (non-hydrogen) atoms. The lowest BCUT2D eigenvalue weighted by Crippen LogP contribution is -2.03. The number of nitrogens with zero attached hydrogens (tertiary/aromatic N) is 2. The Bertz CT molecular complexity index is 779. The summed E-state index contributed by atoms with van der Waals surface area (Å²) in [6.07, 6.45) is 14.0. The molecule has 0 bridgehead atoms. The highest BCUT2D eigenvalue weighted by molar-refractivity contribution is 5.62. The van der Waals surface area contributed by atoms with Crippen molar-refractivity contribution in [3.63, 3.8) is 0 Å². The normalized spacial score (nSPS) is 10.6. The molecule has 0 atom stereocenters. The van der Waals surface area contributed by atoms with E-state index in [0.717, 1.165) is 29.9 Å². The Morgan fingerprint density at radius 2 is 1.38 bits per heavy atom. The van der Waals surface area contributed by atoms with E-state index in [2.05, 4.69) is 28.7 Å². The lowest BCUT2D eigenvalue weighted by Gasteiger charge is -2.07. The van der Waals surface area contributed by atoms with Crippen molar-refractivity contribution in [2.45, 2.75) is 65.2 Å². The van der Waals surface area contributed by atoms with Crippen LogP contribution in [-0.2, 0) is 9.47 Å². The van der Waals surface area contributed by atoms with Gasteiger partial charge in [0.05, 0.1) is 19.8 Å². The number of hydrogen-bond acceptors (Lipinski definition) is 5. The Labute approximate surface area is 193 Å². The summed E-state index contributed by atoms with van der Waals surface area (Å²) in [5.41, 5.74) is 2.02. The van der Waals surface area contributed by atoms with Crippen LogP contribution in [0.2, 0.25) is 0 Å². The molecule has 0 fully saturated rings. The van der Waals surface area contributed by atoms with E-state index in [1.807, 2.05) is 31.2 Å². The topological polar surface area (TPSA) is 53.5 Å². The second kappa shape index (κ2) is 17.2. The number of unbranched alkanes of at least 4 members (excludes halogenated alkanes) is 7. The minimum atomic E-state index is 0.346. The van der Waals surface area contributed by atoms with Crippen molar-refractivity contribution in [1.29, 1.82) is 0 Å². The zero-order valence-corrected chi connectivity index (χ0v) is 19.8. The van der Waals surface area contributed by atoms with Crippen molar-refractivity contribution in [3.8, 4) is 28.7 Å². The standard InChI is InChI=1S/C27H38N2O3/c1-3-5-6-7-8-9-10-11-19-32-26-16-14-24(15-17-26)25-22-28-27(29-23-25)13-12-18-31-21-20-30-4-2/h14-17,22-23H,3-11,18-21H2,1-2H3. The molecule has 174 valence electrons. The predicted molar refractivity (Wildman–Crippen MR) is 130 cm³/mol. The molecule has 0 radical (unpaired) electrons. The summed E-state index contributed by atoms with van der Waals surface area (Å²) in [7, 11) is 0. The van der Waals surface area contributed by atoms with Crippen molar-refractivity contribution in [3.05, 3.63) is 42.5 Å². The molecule has 1 heterocycles. The fourth-order valence-electron chi connectivity index (χ4n) is 3.21. The van der Waals surface area contributed by atoms with E-state index in [0.29, 0.717) is 32.3 Å². The first kappa shape index (κ1) is 25.8. The van der Waals surface area contributed by atoms with Gasteiger partial charge in [-0.05, 0) is 37.0 Å². The molecule has 2 rings (SSSR count). The quantitative estimate of drug-likeness (QED) is 0.235. The Balaban J connectivity index is 1.66. The van der Waals surface area contributed by atoms with Gasteiger partial charge < -0.3 is 14.2 Å². The Morgan fingerprint density at radius 1 is 0.719 bits per heavy atom. The van der Waals surface area contributed by atoms with Gasteiger partial charge in [0.1, 0.15) is 12.4 Å². The van der Waals surface area contributed by atoms with Gasteiger partial charge in [-0.15, -0.1) is 0 Å². The minimum absolute atomic E-state index is 0.346. The van der Waals surface area contributed by atoms with Crippen LogP contribution in [0.4, 0.5) is 0 Å². The third kappa shape index (κ3) is 11.3. The van der Waals surface area contributed by atoms with Crippen LogP contribution in [0.3, 0.4) is 0 Å². The van der Waals surface area contributed by atoms with Gasteiger partial charge in [-0.2, -0.15) is 0 Å². The maximum Gasteiger partial charge on any atom is 0.204 e. The fraction of sp³-hybridized carbons (Fsp3) is 0.556. The van der Waals surface area contributed by atoms with Crippen LogP contribution in [0.5, 0.6) is 5.75 Å². The van der Waals surface area contributed by atoms with E-state index in [4.69, 9.17) is 14.2 Å². The molecular formula is C27H38N2O3. The lowest BCUT2D eigenvalue weighted by molar-refractivity contribution is 0.0662. The number of ether oxygens (including phenoxy) is 3. The molecule has 1 aromatic heterocycles. The van der Waals surface area contributed by atoms with Gasteiger partial charge in [-0.25, -0.2) is 9.97 Å². The van der Waals surface area contributed by atoms with Crippen molar-refractivity contribution in [1.82, 2.24) is 9.97 Å². The first-order valence-electron chi connectivity index (χ1n) is 12.0. The summed E-state index contributed by atoms with van der Waals surface area (Å²) in [5.74, 6) is 7.23. The Morgan fingerprint density at radius 3 is 2.06 bits per heavy atom. The largest absolute Gasteiger partial charge is 0.494 e. The molecule has 0 amide bonds. The van der Waals surface area contributed by atoms with Gasteiger partial charge in [0.2, 0.25) is 5.82 Å². The summed E-state index contributed by atoms with van der Waals surface area (Å²) in [6.45, 7) is 7.17. The number of benzene rings is 1. The summed E-state index contributed by atoms with van der Waals surface area (Å²) < 4.78 is 16.4. The molecule has 0 saturated carbocycles. The van der Waals surface area contributed by atoms with Gasteiger partial charge in [0.25, 0.3) is 0 Å². The van der Waals surface area contributed by atoms with Gasteiger partial charge in [-0.1, -0.05) is 69.9 Å². The number of aromatic nitrogens is 2. The molecular weight excluding hydrogens is 400 g/mol. The molecule has 0 aliphatic carbocycles. The van der Waals surface area contributed by atoms with Crippen LogP contribution in [-0.4, -0.2) is 43.0 Å². The summed E-state index contributed by atoms with van der Waals surface area (Å²) in [6, 6.07) is 8.10. The van der Waals surface area contributed by atoms with Crippen LogP contribution in [0.1, 0.15) is 71.0 Å². The maximum absolute atomic E-state index is 5.88. The molecule has 0 aliphatic heterocycles. The average Bonchev–Trinajstić information content (AvgIpc) is 2.83. The van der Waals surface area contributed by atoms with Gasteiger partial charge in [-0.3, -0.25) is 0 Å². The smallest absolute Gasteiger partial charge is 0.204 e. The molecule has 1 aromatic carbocycles.